The van der Waals surface area contributed by atoms with Gasteiger partial charge in [-0.25, -0.2) is 4.39 Å². The molecule has 9 heteroatoms. The first-order valence-corrected chi connectivity index (χ1v) is 7.86. The first-order chi connectivity index (χ1) is 12.7. The minimum Gasteiger partial charge on any atom is -0.496 e. The maximum atomic E-state index is 14.1. The Balaban J connectivity index is 1.68. The molecule has 0 fully saturated rings. The fraction of sp³-hybridized carbons (Fsp3) is 0.176. The zero-order valence-corrected chi connectivity index (χ0v) is 14.1. The molecule has 0 spiro atoms. The molecular weight excluding hydrogens is 339 g/mol. The van der Waals surface area contributed by atoms with Gasteiger partial charge in [-0.05, 0) is 31.2 Å². The molecule has 0 aliphatic heterocycles. The van der Waals surface area contributed by atoms with Gasteiger partial charge >= 0.3 is 0 Å². The van der Waals surface area contributed by atoms with Crippen molar-refractivity contribution in [1.29, 1.82) is 0 Å². The number of ether oxygens (including phenoxy) is 1. The highest BCUT2D eigenvalue weighted by atomic mass is 19.1. The van der Waals surface area contributed by atoms with Crippen molar-refractivity contribution in [2.24, 2.45) is 0 Å². The van der Waals surface area contributed by atoms with Gasteiger partial charge in [0.25, 0.3) is 5.89 Å². The lowest BCUT2D eigenvalue weighted by Gasteiger charge is -2.13. The predicted molar refractivity (Wildman–Crippen MR) is 91.3 cm³/mol. The minimum atomic E-state index is -0.338. The maximum Gasteiger partial charge on any atom is 0.261 e. The van der Waals surface area contributed by atoms with Gasteiger partial charge in [-0.1, -0.05) is 11.2 Å². The van der Waals surface area contributed by atoms with Crippen molar-refractivity contribution in [2.45, 2.75) is 13.5 Å². The summed E-state index contributed by atoms with van der Waals surface area (Å²) in [6.07, 6.45) is 1.56. The Morgan fingerprint density at radius 2 is 2.15 bits per heavy atom. The van der Waals surface area contributed by atoms with Crippen LogP contribution in [0.3, 0.4) is 0 Å². The number of methoxy groups -OCH3 is 1. The second-order valence-electron chi connectivity index (χ2n) is 5.58. The van der Waals surface area contributed by atoms with Gasteiger partial charge in [-0.3, -0.25) is 4.40 Å². The van der Waals surface area contributed by atoms with Crippen molar-refractivity contribution in [2.75, 3.05) is 12.4 Å². The monoisotopic (exact) mass is 354 g/mol. The third-order valence-corrected chi connectivity index (χ3v) is 3.96. The van der Waals surface area contributed by atoms with E-state index in [0.717, 1.165) is 0 Å². The van der Waals surface area contributed by atoms with Crippen LogP contribution in [-0.4, -0.2) is 31.8 Å². The van der Waals surface area contributed by atoms with Crippen LogP contribution in [0.5, 0.6) is 5.75 Å². The highest BCUT2D eigenvalue weighted by Crippen LogP contribution is 2.26. The molecule has 0 saturated heterocycles. The van der Waals surface area contributed by atoms with E-state index >= 15 is 0 Å². The van der Waals surface area contributed by atoms with Crippen LogP contribution in [0.4, 0.5) is 10.2 Å². The summed E-state index contributed by atoms with van der Waals surface area (Å²) in [7, 11) is 1.51. The summed E-state index contributed by atoms with van der Waals surface area (Å²) in [4.78, 5) is 4.22. The number of pyridine rings is 1. The molecule has 132 valence electrons. The van der Waals surface area contributed by atoms with Crippen LogP contribution in [0.2, 0.25) is 0 Å². The minimum absolute atomic E-state index is 0.238. The first-order valence-electron chi connectivity index (χ1n) is 7.86. The molecule has 0 saturated carbocycles. The largest absolute Gasteiger partial charge is 0.496 e. The Bertz CT molecular complexity index is 1070. The fourth-order valence-corrected chi connectivity index (χ4v) is 2.71. The molecular formula is C17H15FN6O2. The van der Waals surface area contributed by atoms with E-state index in [9.17, 15) is 4.39 Å². The maximum absolute atomic E-state index is 14.1. The van der Waals surface area contributed by atoms with E-state index in [1.54, 1.807) is 35.9 Å². The zero-order valence-electron chi connectivity index (χ0n) is 14.1. The molecule has 1 N–H and O–H groups in total. The van der Waals surface area contributed by atoms with Gasteiger partial charge in [0.15, 0.2) is 11.5 Å². The van der Waals surface area contributed by atoms with Gasteiger partial charge in [0.1, 0.15) is 23.7 Å². The van der Waals surface area contributed by atoms with Crippen LogP contribution < -0.4 is 10.1 Å². The van der Waals surface area contributed by atoms with Crippen molar-refractivity contribution in [3.05, 3.63) is 53.9 Å². The van der Waals surface area contributed by atoms with Crippen LogP contribution in [0.15, 0.2) is 41.2 Å². The van der Waals surface area contributed by atoms with Gasteiger partial charge in [-0.2, -0.15) is 4.98 Å². The number of rotatable bonds is 5. The van der Waals surface area contributed by atoms with Gasteiger partial charge < -0.3 is 14.6 Å². The number of hydrogen-bond acceptors (Lipinski definition) is 7. The molecule has 4 rings (SSSR count). The summed E-state index contributed by atoms with van der Waals surface area (Å²) >= 11 is 0. The summed E-state index contributed by atoms with van der Waals surface area (Å²) in [5, 5.41) is 15.0. The Hall–Kier alpha value is -3.49. The summed E-state index contributed by atoms with van der Waals surface area (Å²) in [6.45, 7) is 1.98. The molecule has 0 atom stereocenters. The molecule has 4 aromatic rings. The Morgan fingerprint density at radius 3 is 2.92 bits per heavy atom. The highest BCUT2D eigenvalue weighted by Gasteiger charge is 2.15. The molecule has 0 bridgehead atoms. The SMILES string of the molecule is COc1cccc(F)c1CNc1ccc(-c2nc(C)no2)c2nncn12. The standard InChI is InChI=1S/C17H15FN6O2/c1-10-21-17(26-23-10)11-6-7-15(24-9-20-22-16(11)24)19-8-12-13(18)4-3-5-14(12)25-2/h3-7,9,19H,8H2,1-2H3. The van der Waals surface area contributed by atoms with Crippen molar-refractivity contribution in [1.82, 2.24) is 24.7 Å². The van der Waals surface area contributed by atoms with Crippen molar-refractivity contribution >= 4 is 11.5 Å². The topological polar surface area (TPSA) is 90.4 Å². The number of anilines is 1. The summed E-state index contributed by atoms with van der Waals surface area (Å²) < 4.78 is 26.3. The number of fused-ring (bicyclic) bond motifs is 1. The van der Waals surface area contributed by atoms with Gasteiger partial charge in [0.2, 0.25) is 0 Å². The van der Waals surface area contributed by atoms with Gasteiger partial charge in [0.05, 0.1) is 12.7 Å². The van der Waals surface area contributed by atoms with Crippen LogP contribution in [-0.2, 0) is 6.54 Å². The summed E-state index contributed by atoms with van der Waals surface area (Å²) in [5.74, 6) is 1.73. The van der Waals surface area contributed by atoms with Crippen LogP contribution >= 0.6 is 0 Å². The van der Waals surface area contributed by atoms with E-state index in [1.165, 1.54) is 13.2 Å². The second kappa shape index (κ2) is 6.43. The Morgan fingerprint density at radius 1 is 1.27 bits per heavy atom. The third-order valence-electron chi connectivity index (χ3n) is 3.96. The summed E-state index contributed by atoms with van der Waals surface area (Å²) in [6, 6.07) is 8.34. The van der Waals surface area contributed by atoms with E-state index in [4.69, 9.17) is 9.26 Å². The molecule has 0 unspecified atom stereocenters. The lowest BCUT2D eigenvalue weighted by atomic mass is 10.2. The normalized spacial score (nSPS) is 11.0. The van der Waals surface area contributed by atoms with E-state index in [1.807, 2.05) is 6.07 Å². The molecule has 26 heavy (non-hydrogen) atoms. The number of aryl methyl sites for hydroxylation is 1. The van der Waals surface area contributed by atoms with E-state index in [-0.39, 0.29) is 12.4 Å². The quantitative estimate of drug-likeness (QED) is 0.589. The molecule has 3 heterocycles. The molecule has 3 aromatic heterocycles. The average Bonchev–Trinajstić information content (AvgIpc) is 3.29. The van der Waals surface area contributed by atoms with Crippen molar-refractivity contribution in [3.63, 3.8) is 0 Å². The first kappa shape index (κ1) is 16.0. The van der Waals surface area contributed by atoms with Crippen LogP contribution in [0, 0.1) is 12.7 Å². The van der Waals surface area contributed by atoms with Crippen LogP contribution in [0.25, 0.3) is 17.1 Å². The Kier molecular flexibility index (Phi) is 3.96. The van der Waals surface area contributed by atoms with E-state index in [0.29, 0.717) is 40.1 Å². The van der Waals surface area contributed by atoms with Gasteiger partial charge in [-0.15, -0.1) is 10.2 Å². The molecule has 0 aliphatic carbocycles. The fourth-order valence-electron chi connectivity index (χ4n) is 2.71. The highest BCUT2D eigenvalue weighted by molar-refractivity contribution is 5.73. The number of nitrogens with one attached hydrogen (secondary N) is 1. The average molecular weight is 354 g/mol. The zero-order chi connectivity index (χ0) is 18.1. The lowest BCUT2D eigenvalue weighted by Crippen LogP contribution is -2.07. The molecule has 0 radical (unpaired) electrons. The van der Waals surface area contributed by atoms with Crippen molar-refractivity contribution < 1.29 is 13.7 Å². The molecule has 0 aliphatic rings. The summed E-state index contributed by atoms with van der Waals surface area (Å²) in [5.41, 5.74) is 1.66. The van der Waals surface area contributed by atoms with Gasteiger partial charge in [0, 0.05) is 12.1 Å². The number of halogens is 1. The van der Waals surface area contributed by atoms with E-state index in [2.05, 4.69) is 25.7 Å². The number of benzene rings is 1. The smallest absolute Gasteiger partial charge is 0.261 e. The Labute approximate surface area is 147 Å². The number of aromatic nitrogens is 5. The second-order valence-corrected chi connectivity index (χ2v) is 5.58. The molecule has 0 amide bonds. The number of hydrogen-bond donors (Lipinski definition) is 1. The predicted octanol–water partition coefficient (Wildman–Crippen LogP) is 2.85. The third kappa shape index (κ3) is 2.73. The molecule has 1 aromatic carbocycles. The number of nitrogens with zero attached hydrogens (tertiary/aromatic N) is 5. The van der Waals surface area contributed by atoms with Crippen molar-refractivity contribution in [3.8, 4) is 17.2 Å². The van der Waals surface area contributed by atoms with Crippen LogP contribution in [0.1, 0.15) is 11.4 Å². The van der Waals surface area contributed by atoms with E-state index < -0.39 is 0 Å². The molecule has 8 nitrogen and oxygen atoms in total. The lowest BCUT2D eigenvalue weighted by molar-refractivity contribution is 0.405.